The summed E-state index contributed by atoms with van der Waals surface area (Å²) < 4.78 is 5.53. The molecule has 5 nitrogen and oxygen atoms in total. The molecule has 1 N–H and O–H groups in total. The Morgan fingerprint density at radius 3 is 2.67 bits per heavy atom. The monoisotopic (exact) mass is 254 g/mol. The van der Waals surface area contributed by atoms with Gasteiger partial charge in [0.1, 0.15) is 6.04 Å². The van der Waals surface area contributed by atoms with E-state index in [4.69, 9.17) is 4.74 Å². The molecule has 2 saturated heterocycles. The summed E-state index contributed by atoms with van der Waals surface area (Å²) in [6, 6.07) is -0.430. The molecule has 2 heterocycles. The number of nitrogens with one attached hydrogen (secondary N) is 1. The molecule has 2 fully saturated rings. The Balaban J connectivity index is 2.05. The average molecular weight is 254 g/mol. The van der Waals surface area contributed by atoms with Crippen LogP contribution in [0.5, 0.6) is 0 Å². The van der Waals surface area contributed by atoms with Gasteiger partial charge in [-0.2, -0.15) is 0 Å². The van der Waals surface area contributed by atoms with E-state index in [1.54, 1.807) is 4.90 Å². The molecule has 0 aromatic rings. The molecule has 0 aromatic carbocycles. The maximum Gasteiger partial charge on any atom is 0.246 e. The number of carbonyl (C=O) groups is 2. The van der Waals surface area contributed by atoms with Crippen LogP contribution in [0.25, 0.3) is 0 Å². The van der Waals surface area contributed by atoms with Crippen LogP contribution in [-0.4, -0.2) is 48.6 Å². The number of ether oxygens (including phenoxy) is 1. The van der Waals surface area contributed by atoms with E-state index in [0.29, 0.717) is 6.54 Å². The minimum atomic E-state index is -0.430. The second-order valence-electron chi connectivity index (χ2n) is 6.22. The molecule has 5 heteroatoms. The first-order valence-electron chi connectivity index (χ1n) is 6.57. The van der Waals surface area contributed by atoms with Gasteiger partial charge in [-0.3, -0.25) is 9.59 Å². The van der Waals surface area contributed by atoms with Crippen molar-refractivity contribution in [2.24, 2.45) is 5.41 Å². The molecule has 2 unspecified atom stereocenters. The second-order valence-corrected chi connectivity index (χ2v) is 6.22. The van der Waals surface area contributed by atoms with Gasteiger partial charge in [0.15, 0.2) is 0 Å². The van der Waals surface area contributed by atoms with Crippen LogP contribution in [0.15, 0.2) is 0 Å². The largest absolute Gasteiger partial charge is 0.376 e. The van der Waals surface area contributed by atoms with Gasteiger partial charge in [0.05, 0.1) is 12.6 Å². The molecule has 0 radical (unpaired) electrons. The first kappa shape index (κ1) is 13.3. The van der Waals surface area contributed by atoms with Crippen molar-refractivity contribution in [2.75, 3.05) is 19.7 Å². The van der Waals surface area contributed by atoms with E-state index >= 15 is 0 Å². The van der Waals surface area contributed by atoms with Gasteiger partial charge in [-0.25, -0.2) is 0 Å². The molecule has 2 aliphatic heterocycles. The van der Waals surface area contributed by atoms with Crippen molar-refractivity contribution in [3.63, 3.8) is 0 Å². The highest BCUT2D eigenvalue weighted by Crippen LogP contribution is 2.24. The SMILES string of the molecule is CC(C)(C)C1NC(=O)CN(CC2CCCO2)C1=O. The lowest BCUT2D eigenvalue weighted by Gasteiger charge is -2.39. The van der Waals surface area contributed by atoms with Crippen molar-refractivity contribution in [1.82, 2.24) is 10.2 Å². The van der Waals surface area contributed by atoms with E-state index in [2.05, 4.69) is 5.32 Å². The number of nitrogens with zero attached hydrogens (tertiary/aromatic N) is 1. The summed E-state index contributed by atoms with van der Waals surface area (Å²) in [5, 5.41) is 2.79. The molecule has 2 rings (SSSR count). The highest BCUT2D eigenvalue weighted by atomic mass is 16.5. The number of hydrogen-bond acceptors (Lipinski definition) is 3. The summed E-state index contributed by atoms with van der Waals surface area (Å²) in [5.74, 6) is -0.0647. The number of rotatable bonds is 2. The standard InChI is InChI=1S/C13H22N2O3/c1-13(2,3)11-12(17)15(8-10(16)14-11)7-9-5-4-6-18-9/h9,11H,4-8H2,1-3H3,(H,14,16). The van der Waals surface area contributed by atoms with Crippen LogP contribution in [0, 0.1) is 5.41 Å². The molecular weight excluding hydrogens is 232 g/mol. The van der Waals surface area contributed by atoms with Crippen molar-refractivity contribution in [2.45, 2.75) is 45.8 Å². The Morgan fingerprint density at radius 1 is 1.39 bits per heavy atom. The van der Waals surface area contributed by atoms with Crippen LogP contribution >= 0.6 is 0 Å². The molecule has 0 bridgehead atoms. The summed E-state index contributed by atoms with van der Waals surface area (Å²) in [6.45, 7) is 7.36. The third-order valence-corrected chi connectivity index (χ3v) is 3.51. The molecule has 2 atom stereocenters. The van der Waals surface area contributed by atoms with Gasteiger partial charge >= 0.3 is 0 Å². The van der Waals surface area contributed by atoms with E-state index in [1.807, 2.05) is 20.8 Å². The zero-order chi connectivity index (χ0) is 13.3. The zero-order valence-corrected chi connectivity index (χ0v) is 11.4. The summed E-state index contributed by atoms with van der Waals surface area (Å²) in [5.41, 5.74) is -0.262. The molecule has 0 saturated carbocycles. The predicted molar refractivity (Wildman–Crippen MR) is 66.9 cm³/mol. The Labute approximate surface area is 108 Å². The van der Waals surface area contributed by atoms with E-state index in [1.165, 1.54) is 0 Å². The Bertz CT molecular complexity index is 343. The Morgan fingerprint density at radius 2 is 2.11 bits per heavy atom. The van der Waals surface area contributed by atoms with E-state index in [-0.39, 0.29) is 29.9 Å². The molecule has 0 aromatic heterocycles. The fourth-order valence-corrected chi connectivity index (χ4v) is 2.48. The maximum absolute atomic E-state index is 12.4. The first-order chi connectivity index (χ1) is 8.38. The van der Waals surface area contributed by atoms with Crippen molar-refractivity contribution in [3.05, 3.63) is 0 Å². The number of amides is 2. The molecule has 2 amide bonds. The minimum absolute atomic E-state index is 0.0117. The van der Waals surface area contributed by atoms with Crippen LogP contribution in [0.2, 0.25) is 0 Å². The third kappa shape index (κ3) is 2.83. The van der Waals surface area contributed by atoms with Gasteiger partial charge in [-0.15, -0.1) is 0 Å². The summed E-state index contributed by atoms with van der Waals surface area (Å²) in [6.07, 6.45) is 2.12. The minimum Gasteiger partial charge on any atom is -0.376 e. The van der Waals surface area contributed by atoms with Gasteiger partial charge in [0.2, 0.25) is 11.8 Å². The van der Waals surface area contributed by atoms with Gasteiger partial charge in [0.25, 0.3) is 0 Å². The first-order valence-corrected chi connectivity index (χ1v) is 6.57. The molecule has 0 aliphatic carbocycles. The number of hydrogen-bond donors (Lipinski definition) is 1. The molecule has 2 aliphatic rings. The summed E-state index contributed by atoms with van der Waals surface area (Å²) in [7, 11) is 0. The van der Waals surface area contributed by atoms with Crippen LogP contribution < -0.4 is 5.32 Å². The van der Waals surface area contributed by atoms with Crippen molar-refractivity contribution in [1.29, 1.82) is 0 Å². The van der Waals surface area contributed by atoms with Crippen LogP contribution in [0.3, 0.4) is 0 Å². The summed E-state index contributed by atoms with van der Waals surface area (Å²) >= 11 is 0. The van der Waals surface area contributed by atoms with Crippen molar-refractivity contribution in [3.8, 4) is 0 Å². The van der Waals surface area contributed by atoms with Gasteiger partial charge in [-0.05, 0) is 18.3 Å². The topological polar surface area (TPSA) is 58.6 Å². The average Bonchev–Trinajstić information content (AvgIpc) is 2.74. The maximum atomic E-state index is 12.4. The van der Waals surface area contributed by atoms with E-state index in [9.17, 15) is 9.59 Å². The molecular formula is C13H22N2O3. The van der Waals surface area contributed by atoms with E-state index < -0.39 is 6.04 Å². The predicted octanol–water partition coefficient (Wildman–Crippen LogP) is 0.538. The van der Waals surface area contributed by atoms with Crippen LogP contribution in [-0.2, 0) is 14.3 Å². The van der Waals surface area contributed by atoms with Crippen molar-refractivity contribution >= 4 is 11.8 Å². The Kier molecular flexibility index (Phi) is 3.61. The third-order valence-electron chi connectivity index (χ3n) is 3.51. The fraction of sp³-hybridized carbons (Fsp3) is 0.846. The number of piperazine rings is 1. The zero-order valence-electron chi connectivity index (χ0n) is 11.4. The highest BCUT2D eigenvalue weighted by molar-refractivity contribution is 5.95. The lowest BCUT2D eigenvalue weighted by Crippen LogP contribution is -2.63. The van der Waals surface area contributed by atoms with Gasteiger partial charge < -0.3 is 15.0 Å². The quantitative estimate of drug-likeness (QED) is 0.782. The Hall–Kier alpha value is -1.10. The van der Waals surface area contributed by atoms with Crippen LogP contribution in [0.4, 0.5) is 0 Å². The van der Waals surface area contributed by atoms with Crippen molar-refractivity contribution < 1.29 is 14.3 Å². The smallest absolute Gasteiger partial charge is 0.246 e. The molecule has 0 spiro atoms. The van der Waals surface area contributed by atoms with E-state index in [0.717, 1.165) is 19.4 Å². The lowest BCUT2D eigenvalue weighted by molar-refractivity contribution is -0.148. The highest BCUT2D eigenvalue weighted by Gasteiger charge is 2.40. The fourth-order valence-electron chi connectivity index (χ4n) is 2.48. The van der Waals surface area contributed by atoms with Crippen LogP contribution in [0.1, 0.15) is 33.6 Å². The number of carbonyl (C=O) groups excluding carboxylic acids is 2. The lowest BCUT2D eigenvalue weighted by atomic mass is 9.84. The molecule has 102 valence electrons. The summed E-state index contributed by atoms with van der Waals surface area (Å²) in [4.78, 5) is 25.7. The van der Waals surface area contributed by atoms with Gasteiger partial charge in [0, 0.05) is 13.2 Å². The second kappa shape index (κ2) is 4.88. The molecule has 18 heavy (non-hydrogen) atoms. The van der Waals surface area contributed by atoms with Gasteiger partial charge in [-0.1, -0.05) is 20.8 Å². The normalized spacial score (nSPS) is 29.6.